The molecule has 0 spiro atoms. The number of hydrogen-bond donors (Lipinski definition) is 1. The van der Waals surface area contributed by atoms with Gasteiger partial charge in [0, 0.05) is 12.6 Å². The van der Waals surface area contributed by atoms with E-state index in [2.05, 4.69) is 29.4 Å². The van der Waals surface area contributed by atoms with Crippen LogP contribution in [0.5, 0.6) is 0 Å². The number of hydrogen-bond acceptors (Lipinski definition) is 3. The first-order chi connectivity index (χ1) is 9.11. The molecule has 102 valence electrons. The quantitative estimate of drug-likeness (QED) is 0.919. The van der Waals surface area contributed by atoms with Crippen molar-refractivity contribution in [2.24, 2.45) is 0 Å². The van der Waals surface area contributed by atoms with Gasteiger partial charge in [0.1, 0.15) is 12.2 Å². The second-order valence-electron chi connectivity index (χ2n) is 4.31. The Bertz CT molecular complexity index is 553. The van der Waals surface area contributed by atoms with Crippen molar-refractivity contribution in [1.29, 1.82) is 0 Å². The van der Waals surface area contributed by atoms with Crippen LogP contribution < -0.4 is 5.32 Å². The highest BCUT2D eigenvalue weighted by molar-refractivity contribution is 6.42. The maximum Gasteiger partial charge on any atom is 0.146 e. The van der Waals surface area contributed by atoms with Gasteiger partial charge in [-0.15, -0.1) is 10.2 Å². The molecular formula is C13H16Cl2N4. The Labute approximate surface area is 122 Å². The van der Waals surface area contributed by atoms with E-state index in [9.17, 15) is 0 Å². The highest BCUT2D eigenvalue weighted by Gasteiger charge is 2.09. The van der Waals surface area contributed by atoms with Crippen molar-refractivity contribution in [3.05, 3.63) is 46.0 Å². The minimum Gasteiger partial charge on any atom is -0.317 e. The van der Waals surface area contributed by atoms with Gasteiger partial charge in [-0.3, -0.25) is 0 Å². The largest absolute Gasteiger partial charge is 0.317 e. The third-order valence-corrected chi connectivity index (χ3v) is 3.79. The Balaban J connectivity index is 2.01. The summed E-state index contributed by atoms with van der Waals surface area (Å²) in [5.41, 5.74) is 1.09. The molecule has 0 aliphatic heterocycles. The first kappa shape index (κ1) is 14.3. The van der Waals surface area contributed by atoms with Crippen LogP contribution in [0.2, 0.25) is 10.0 Å². The van der Waals surface area contributed by atoms with Gasteiger partial charge in [-0.25, -0.2) is 0 Å². The van der Waals surface area contributed by atoms with Crippen LogP contribution in [-0.4, -0.2) is 14.8 Å². The lowest BCUT2D eigenvalue weighted by Crippen LogP contribution is -2.20. The summed E-state index contributed by atoms with van der Waals surface area (Å²) < 4.78 is 2.01. The lowest BCUT2D eigenvalue weighted by atomic mass is 10.1. The summed E-state index contributed by atoms with van der Waals surface area (Å²) in [4.78, 5) is 0. The van der Waals surface area contributed by atoms with Crippen LogP contribution in [0.25, 0.3) is 0 Å². The predicted octanol–water partition coefficient (Wildman–Crippen LogP) is 3.46. The van der Waals surface area contributed by atoms with Gasteiger partial charge in [0.25, 0.3) is 0 Å². The molecule has 0 fully saturated rings. The van der Waals surface area contributed by atoms with Crippen molar-refractivity contribution in [2.45, 2.75) is 33.0 Å². The molecule has 0 saturated carbocycles. The van der Waals surface area contributed by atoms with Gasteiger partial charge in [0.15, 0.2) is 0 Å². The minimum atomic E-state index is 0.164. The summed E-state index contributed by atoms with van der Waals surface area (Å²) in [6, 6.07) is 5.82. The van der Waals surface area contributed by atoms with E-state index in [1.807, 2.05) is 22.8 Å². The second-order valence-corrected chi connectivity index (χ2v) is 5.12. The number of aryl methyl sites for hydroxylation is 1. The van der Waals surface area contributed by atoms with E-state index in [0.29, 0.717) is 16.6 Å². The third-order valence-electron chi connectivity index (χ3n) is 3.05. The molecule has 0 bridgehead atoms. The average Bonchev–Trinajstić information content (AvgIpc) is 2.86. The van der Waals surface area contributed by atoms with Crippen LogP contribution in [-0.2, 0) is 13.1 Å². The van der Waals surface area contributed by atoms with Gasteiger partial charge >= 0.3 is 0 Å². The molecule has 4 nitrogen and oxygen atoms in total. The lowest BCUT2D eigenvalue weighted by molar-refractivity contribution is 0.539. The lowest BCUT2D eigenvalue weighted by Gasteiger charge is -2.14. The van der Waals surface area contributed by atoms with Gasteiger partial charge in [0.05, 0.1) is 16.6 Å². The smallest absolute Gasteiger partial charge is 0.146 e. The van der Waals surface area contributed by atoms with Crippen molar-refractivity contribution in [2.75, 3.05) is 0 Å². The summed E-state index contributed by atoms with van der Waals surface area (Å²) in [7, 11) is 0. The van der Waals surface area contributed by atoms with Gasteiger partial charge < -0.3 is 9.88 Å². The van der Waals surface area contributed by atoms with Gasteiger partial charge in [-0.2, -0.15) is 0 Å². The van der Waals surface area contributed by atoms with Crippen molar-refractivity contribution < 1.29 is 0 Å². The zero-order valence-corrected chi connectivity index (χ0v) is 12.4. The minimum absolute atomic E-state index is 0.164. The normalized spacial score (nSPS) is 12.6. The Morgan fingerprint density at radius 2 is 2.11 bits per heavy atom. The molecule has 2 rings (SSSR count). The maximum absolute atomic E-state index is 6.02. The van der Waals surface area contributed by atoms with Crippen LogP contribution in [0.15, 0.2) is 24.5 Å². The zero-order chi connectivity index (χ0) is 13.8. The molecule has 6 heteroatoms. The van der Waals surface area contributed by atoms with Crippen molar-refractivity contribution in [1.82, 2.24) is 20.1 Å². The van der Waals surface area contributed by atoms with E-state index in [4.69, 9.17) is 23.2 Å². The first-order valence-corrected chi connectivity index (χ1v) is 6.92. The summed E-state index contributed by atoms with van der Waals surface area (Å²) in [6.45, 7) is 5.67. The number of benzene rings is 1. The highest BCUT2D eigenvalue weighted by Crippen LogP contribution is 2.25. The molecule has 2 aromatic rings. The Morgan fingerprint density at radius 1 is 1.32 bits per heavy atom. The summed E-state index contributed by atoms with van der Waals surface area (Å²) in [5.74, 6) is 0.925. The first-order valence-electron chi connectivity index (χ1n) is 6.16. The maximum atomic E-state index is 6.02. The fraction of sp³-hybridized carbons (Fsp3) is 0.385. The Morgan fingerprint density at radius 3 is 2.79 bits per heavy atom. The van der Waals surface area contributed by atoms with Crippen molar-refractivity contribution >= 4 is 23.2 Å². The van der Waals surface area contributed by atoms with Crippen LogP contribution in [0.4, 0.5) is 0 Å². The molecule has 19 heavy (non-hydrogen) atoms. The van der Waals surface area contributed by atoms with E-state index in [0.717, 1.165) is 17.9 Å². The number of halogens is 2. The van der Waals surface area contributed by atoms with Crippen LogP contribution >= 0.6 is 23.2 Å². The fourth-order valence-electron chi connectivity index (χ4n) is 1.82. The molecule has 0 aliphatic carbocycles. The highest BCUT2D eigenvalue weighted by atomic mass is 35.5. The molecule has 0 saturated heterocycles. The van der Waals surface area contributed by atoms with Gasteiger partial charge in [-0.05, 0) is 31.5 Å². The molecule has 1 N–H and O–H groups in total. The molecule has 1 atom stereocenters. The molecule has 1 unspecified atom stereocenters. The van der Waals surface area contributed by atoms with E-state index >= 15 is 0 Å². The Hall–Kier alpha value is -1.10. The molecule has 0 aliphatic rings. The van der Waals surface area contributed by atoms with E-state index in [1.54, 1.807) is 6.33 Å². The van der Waals surface area contributed by atoms with Crippen LogP contribution in [0.3, 0.4) is 0 Å². The van der Waals surface area contributed by atoms with E-state index < -0.39 is 0 Å². The summed E-state index contributed by atoms with van der Waals surface area (Å²) in [5, 5.41) is 12.5. The number of aromatic nitrogens is 3. The Kier molecular flexibility index (Phi) is 4.80. The molecule has 1 heterocycles. The van der Waals surface area contributed by atoms with Crippen LogP contribution in [0, 0.1) is 0 Å². The molecular weight excluding hydrogens is 283 g/mol. The van der Waals surface area contributed by atoms with Crippen molar-refractivity contribution in [3.63, 3.8) is 0 Å². The topological polar surface area (TPSA) is 42.7 Å². The second kappa shape index (κ2) is 6.37. The fourth-order valence-corrected chi connectivity index (χ4v) is 2.13. The monoisotopic (exact) mass is 298 g/mol. The molecule has 1 aromatic carbocycles. The van der Waals surface area contributed by atoms with E-state index in [1.165, 1.54) is 0 Å². The predicted molar refractivity (Wildman–Crippen MR) is 77.4 cm³/mol. The third kappa shape index (κ3) is 3.47. The zero-order valence-electron chi connectivity index (χ0n) is 10.9. The number of nitrogens with one attached hydrogen (secondary N) is 1. The molecule has 1 aromatic heterocycles. The number of rotatable bonds is 5. The van der Waals surface area contributed by atoms with E-state index in [-0.39, 0.29) is 6.04 Å². The van der Waals surface area contributed by atoms with Gasteiger partial charge in [0.2, 0.25) is 0 Å². The number of nitrogens with zero attached hydrogens (tertiary/aromatic N) is 3. The van der Waals surface area contributed by atoms with Crippen molar-refractivity contribution in [3.8, 4) is 0 Å². The average molecular weight is 299 g/mol. The van der Waals surface area contributed by atoms with Crippen LogP contribution in [0.1, 0.15) is 31.3 Å². The standard InChI is InChI=1S/C13H16Cl2N4/c1-3-19-8-17-18-13(19)7-16-9(2)10-4-5-11(14)12(15)6-10/h4-6,8-9,16H,3,7H2,1-2H3. The SMILES string of the molecule is CCn1cnnc1CNC(C)c1ccc(Cl)c(Cl)c1. The van der Waals surface area contributed by atoms with Gasteiger partial charge in [-0.1, -0.05) is 29.3 Å². The molecule has 0 radical (unpaired) electrons. The summed E-state index contributed by atoms with van der Waals surface area (Å²) in [6.07, 6.45) is 1.74. The summed E-state index contributed by atoms with van der Waals surface area (Å²) >= 11 is 11.9. The molecule has 0 amide bonds.